The van der Waals surface area contributed by atoms with Gasteiger partial charge in [0.1, 0.15) is 0 Å². The molecule has 1 nitrogen and oxygen atoms in total. The summed E-state index contributed by atoms with van der Waals surface area (Å²) in [6.45, 7) is 10.5. The molecule has 0 spiro atoms. The molecular formula is C5H12OZr. The Kier molecular flexibility index (Phi) is 170. The molecule has 0 unspecified atom stereocenters. The van der Waals surface area contributed by atoms with Crippen molar-refractivity contribution >= 4 is 0 Å². The second kappa shape index (κ2) is 76.2. The minimum atomic E-state index is 0.300. The summed E-state index contributed by atoms with van der Waals surface area (Å²) in [6.07, 6.45) is 1.00. The van der Waals surface area contributed by atoms with Crippen molar-refractivity contribution in [3.05, 3.63) is 13.8 Å². The van der Waals surface area contributed by atoms with Gasteiger partial charge in [0.15, 0.2) is 0 Å². The molecule has 0 radical (unpaired) electrons. The van der Waals surface area contributed by atoms with E-state index in [1.165, 1.54) is 0 Å². The van der Waals surface area contributed by atoms with Crippen molar-refractivity contribution in [2.75, 3.05) is 0 Å². The van der Waals surface area contributed by atoms with Crippen molar-refractivity contribution in [3.8, 4) is 0 Å². The summed E-state index contributed by atoms with van der Waals surface area (Å²) in [5, 5.41) is 0. The minimum absolute atomic E-state index is 0.300. The Hall–Kier alpha value is 0.683. The molecule has 42 valence electrons. The van der Waals surface area contributed by atoms with E-state index < -0.39 is 0 Å². The number of hydrogen-bond acceptors (Lipinski definition) is 1. The Balaban J connectivity index is -0.0000000360. The van der Waals surface area contributed by atoms with E-state index in [0.29, 0.717) is 24.7 Å². The summed E-state index contributed by atoms with van der Waals surface area (Å²) in [5.41, 5.74) is 0. The van der Waals surface area contributed by atoms with Gasteiger partial charge in [-0.15, -0.1) is 0 Å². The molecule has 0 heterocycles. The van der Waals surface area contributed by atoms with E-state index in [1.807, 2.05) is 6.92 Å². The van der Waals surface area contributed by atoms with Crippen LogP contribution >= 0.6 is 0 Å². The second-order valence-electron chi connectivity index (χ2n) is 0.500. The van der Waals surface area contributed by atoms with Gasteiger partial charge in [0.2, 0.25) is 0 Å². The monoisotopic (exact) mass is 178 g/mol. The van der Waals surface area contributed by atoms with Crippen LogP contribution < -0.4 is 0 Å². The van der Waals surface area contributed by atoms with Crippen LogP contribution in [0.25, 0.3) is 0 Å². The fourth-order valence-electron chi connectivity index (χ4n) is 0. The van der Waals surface area contributed by atoms with Gasteiger partial charge in [-0.3, -0.25) is 0 Å². The van der Waals surface area contributed by atoms with Crippen LogP contribution in [-0.2, 0) is 27.5 Å². The molecule has 0 saturated carbocycles. The summed E-state index contributed by atoms with van der Waals surface area (Å²) in [4.78, 5) is 0. The van der Waals surface area contributed by atoms with Gasteiger partial charge in [0.25, 0.3) is 0 Å². The zero-order valence-electron chi connectivity index (χ0n) is 5.03. The Labute approximate surface area is 61.8 Å². The second-order valence-corrected chi connectivity index (χ2v) is 0.500. The van der Waals surface area contributed by atoms with E-state index in [0.717, 1.165) is 6.42 Å². The quantitative estimate of drug-likeness (QED) is 0.520. The Bertz CT molecular complexity index is 12.0. The summed E-state index contributed by atoms with van der Waals surface area (Å²) in [5.74, 6) is 0. The Morgan fingerprint density at radius 2 is 1.43 bits per heavy atom. The predicted octanol–water partition coefficient (Wildman–Crippen LogP) is 1.95. The first-order chi connectivity index (χ1) is 3.41. The van der Waals surface area contributed by atoms with Crippen molar-refractivity contribution in [2.45, 2.75) is 20.3 Å². The third kappa shape index (κ3) is 314. The van der Waals surface area contributed by atoms with Crippen LogP contribution in [0.2, 0.25) is 0 Å². The molecule has 0 aromatic heterocycles. The Morgan fingerprint density at radius 3 is 1.43 bits per heavy atom. The molecule has 0 bridgehead atoms. The number of hydrogen-bond donors (Lipinski definition) is 0. The van der Waals surface area contributed by atoms with Crippen molar-refractivity contribution in [1.82, 2.24) is 0 Å². The molecule has 0 fully saturated rings. The van der Waals surface area contributed by atoms with E-state index in [4.69, 9.17) is 2.81 Å². The van der Waals surface area contributed by atoms with Gasteiger partial charge in [0, 0.05) is 0 Å². The molecule has 0 atom stereocenters. The summed E-state index contributed by atoms with van der Waals surface area (Å²) in [6, 6.07) is 0. The third-order valence-corrected chi connectivity index (χ3v) is 0. The molecule has 0 aliphatic carbocycles. The molecule has 0 aliphatic heterocycles. The van der Waals surface area contributed by atoms with Gasteiger partial charge in [-0.25, -0.2) is 0 Å². The SMILES string of the molecule is [CH2-]C.[CH2-]CC.[O]=[Zr+2]. The molecule has 0 aromatic carbocycles. The maximum absolute atomic E-state index is 8.34. The van der Waals surface area contributed by atoms with Gasteiger partial charge >= 0.3 is 27.5 Å². The molecule has 0 amide bonds. The summed E-state index contributed by atoms with van der Waals surface area (Å²) in [7, 11) is 0. The standard InChI is InChI=1S/C3H7.C2H5.O.Zr/c1-3-2;1-2;;/h1,3H2,2H3;1H2,2H3;;/q2*-1;;+2. The molecule has 0 saturated heterocycles. The zero-order valence-corrected chi connectivity index (χ0v) is 7.49. The van der Waals surface area contributed by atoms with E-state index in [1.54, 1.807) is 6.92 Å². The van der Waals surface area contributed by atoms with E-state index in [9.17, 15) is 0 Å². The van der Waals surface area contributed by atoms with Gasteiger partial charge in [-0.1, -0.05) is 6.92 Å². The van der Waals surface area contributed by atoms with Crippen LogP contribution in [0.4, 0.5) is 0 Å². The fraction of sp³-hybridized carbons (Fsp3) is 0.600. The topological polar surface area (TPSA) is 17.1 Å². The van der Waals surface area contributed by atoms with Crippen molar-refractivity contribution in [1.29, 1.82) is 0 Å². The van der Waals surface area contributed by atoms with Gasteiger partial charge in [0.05, 0.1) is 0 Å². The van der Waals surface area contributed by atoms with Crippen LogP contribution in [0.1, 0.15) is 20.3 Å². The molecule has 7 heavy (non-hydrogen) atoms. The molecular weight excluding hydrogens is 167 g/mol. The van der Waals surface area contributed by atoms with E-state index >= 15 is 0 Å². The zero-order chi connectivity index (χ0) is 6.71. The predicted molar refractivity (Wildman–Crippen MR) is 27.4 cm³/mol. The molecule has 0 rings (SSSR count). The fourth-order valence-corrected chi connectivity index (χ4v) is 0. The van der Waals surface area contributed by atoms with Gasteiger partial charge in [-0.2, -0.15) is 13.3 Å². The van der Waals surface area contributed by atoms with Crippen molar-refractivity contribution < 1.29 is 27.5 Å². The van der Waals surface area contributed by atoms with Gasteiger partial charge in [-0.05, 0) is 0 Å². The average molecular weight is 179 g/mol. The van der Waals surface area contributed by atoms with E-state index in [-0.39, 0.29) is 0 Å². The van der Waals surface area contributed by atoms with E-state index in [2.05, 4.69) is 13.8 Å². The van der Waals surface area contributed by atoms with Crippen molar-refractivity contribution in [3.63, 3.8) is 0 Å². The first-order valence-electron chi connectivity index (χ1n) is 2.12. The average Bonchev–Trinajstić information content (AvgIpc) is 1.78. The van der Waals surface area contributed by atoms with Crippen LogP contribution in [0.15, 0.2) is 0 Å². The molecule has 0 aliphatic rings. The van der Waals surface area contributed by atoms with Crippen molar-refractivity contribution in [2.24, 2.45) is 0 Å². The normalized spacial score (nSPS) is 4.29. The first kappa shape index (κ1) is 15.6. The third-order valence-electron chi connectivity index (χ3n) is 0. The molecule has 0 aromatic rings. The molecule has 2 heteroatoms. The Morgan fingerprint density at radius 1 is 1.43 bits per heavy atom. The maximum atomic E-state index is 8.34. The first-order valence-corrected chi connectivity index (χ1v) is 3.12. The summed E-state index contributed by atoms with van der Waals surface area (Å²) < 4.78 is 8.34. The van der Waals surface area contributed by atoms with Crippen LogP contribution in [0.5, 0.6) is 0 Å². The van der Waals surface area contributed by atoms with Crippen LogP contribution in [0.3, 0.4) is 0 Å². The molecule has 0 N–H and O–H groups in total. The van der Waals surface area contributed by atoms with Crippen LogP contribution in [0, 0.1) is 13.8 Å². The summed E-state index contributed by atoms with van der Waals surface area (Å²) >= 11 is 0.300. The number of rotatable bonds is 0. The van der Waals surface area contributed by atoms with Gasteiger partial charge < -0.3 is 13.8 Å². The van der Waals surface area contributed by atoms with Crippen LogP contribution in [-0.4, -0.2) is 0 Å².